The maximum absolute atomic E-state index is 5.42. The van der Waals surface area contributed by atoms with Gasteiger partial charge in [-0.05, 0) is 61.1 Å². The number of hydrogen-bond acceptors (Lipinski definition) is 3. The monoisotopic (exact) mass is 421 g/mol. The number of rotatable bonds is 8. The summed E-state index contributed by atoms with van der Waals surface area (Å²) in [6.07, 6.45) is 0. The normalized spacial score (nSPS) is 10.4. The summed E-state index contributed by atoms with van der Waals surface area (Å²) in [4.78, 5) is 3.50. The molecule has 0 atom stereocenters. The SMILES string of the molecule is Cc1ccc(N(C)CCNC(=S)Nc2ccc(CSc3ccccc3)cc2)cc1. The molecule has 5 heteroatoms. The van der Waals surface area contributed by atoms with Crippen LogP contribution in [0.15, 0.2) is 83.8 Å². The molecule has 0 fully saturated rings. The molecule has 3 rings (SSSR count). The van der Waals surface area contributed by atoms with E-state index >= 15 is 0 Å². The van der Waals surface area contributed by atoms with Crippen LogP contribution in [0.1, 0.15) is 11.1 Å². The zero-order valence-corrected chi connectivity index (χ0v) is 18.5. The van der Waals surface area contributed by atoms with Crippen molar-refractivity contribution in [3.8, 4) is 0 Å². The molecule has 0 bridgehead atoms. The molecular formula is C24H27N3S2. The van der Waals surface area contributed by atoms with Gasteiger partial charge >= 0.3 is 0 Å². The Morgan fingerprint density at radius 1 is 0.931 bits per heavy atom. The number of likely N-dealkylation sites (N-methyl/N-ethyl adjacent to an activating group) is 1. The van der Waals surface area contributed by atoms with Gasteiger partial charge in [0.2, 0.25) is 0 Å². The molecular weight excluding hydrogens is 394 g/mol. The van der Waals surface area contributed by atoms with Gasteiger partial charge in [0.05, 0.1) is 0 Å². The summed E-state index contributed by atoms with van der Waals surface area (Å²) >= 11 is 7.27. The van der Waals surface area contributed by atoms with Crippen LogP contribution in [-0.2, 0) is 5.75 Å². The first kappa shape index (κ1) is 21.2. The number of benzene rings is 3. The van der Waals surface area contributed by atoms with Gasteiger partial charge in [-0.3, -0.25) is 0 Å². The van der Waals surface area contributed by atoms with Gasteiger partial charge in [0, 0.05) is 42.2 Å². The van der Waals surface area contributed by atoms with Crippen molar-refractivity contribution in [1.29, 1.82) is 0 Å². The number of nitrogens with one attached hydrogen (secondary N) is 2. The van der Waals surface area contributed by atoms with E-state index < -0.39 is 0 Å². The highest BCUT2D eigenvalue weighted by Crippen LogP contribution is 2.23. The molecule has 0 radical (unpaired) electrons. The average Bonchev–Trinajstić information content (AvgIpc) is 2.74. The molecule has 2 N–H and O–H groups in total. The van der Waals surface area contributed by atoms with Gasteiger partial charge in [-0.25, -0.2) is 0 Å². The Labute approximate surface area is 183 Å². The summed E-state index contributed by atoms with van der Waals surface area (Å²) in [5.41, 5.74) is 4.78. The minimum atomic E-state index is 0.647. The second-order valence-electron chi connectivity index (χ2n) is 6.94. The van der Waals surface area contributed by atoms with Crippen molar-refractivity contribution in [2.45, 2.75) is 17.6 Å². The molecule has 3 aromatic carbocycles. The molecule has 0 aromatic heterocycles. The van der Waals surface area contributed by atoms with Crippen LogP contribution in [0.4, 0.5) is 11.4 Å². The van der Waals surface area contributed by atoms with Crippen LogP contribution in [0.3, 0.4) is 0 Å². The Morgan fingerprint density at radius 2 is 1.62 bits per heavy atom. The third kappa shape index (κ3) is 7.11. The number of thiocarbonyl (C=S) groups is 1. The molecule has 0 aliphatic heterocycles. The molecule has 0 aliphatic carbocycles. The van der Waals surface area contributed by atoms with E-state index in [2.05, 4.69) is 102 Å². The topological polar surface area (TPSA) is 27.3 Å². The first-order valence-corrected chi connectivity index (χ1v) is 11.1. The highest BCUT2D eigenvalue weighted by atomic mass is 32.2. The summed E-state index contributed by atoms with van der Waals surface area (Å²) < 4.78 is 0. The van der Waals surface area contributed by atoms with Crippen LogP contribution in [-0.4, -0.2) is 25.2 Å². The minimum absolute atomic E-state index is 0.647. The zero-order chi connectivity index (χ0) is 20.5. The second kappa shape index (κ2) is 10.9. The third-order valence-electron chi connectivity index (χ3n) is 4.57. The lowest BCUT2D eigenvalue weighted by Gasteiger charge is -2.20. The third-order valence-corrected chi connectivity index (χ3v) is 5.90. The van der Waals surface area contributed by atoms with Crippen LogP contribution in [0.5, 0.6) is 0 Å². The van der Waals surface area contributed by atoms with Crippen LogP contribution < -0.4 is 15.5 Å². The van der Waals surface area contributed by atoms with E-state index in [-0.39, 0.29) is 0 Å². The van der Waals surface area contributed by atoms with Crippen LogP contribution in [0, 0.1) is 6.92 Å². The van der Waals surface area contributed by atoms with Crippen molar-refractivity contribution >= 4 is 40.5 Å². The van der Waals surface area contributed by atoms with Gasteiger partial charge in [0.25, 0.3) is 0 Å². The van der Waals surface area contributed by atoms with Crippen molar-refractivity contribution in [3.63, 3.8) is 0 Å². The number of aryl methyl sites for hydroxylation is 1. The summed E-state index contributed by atoms with van der Waals surface area (Å²) in [7, 11) is 2.09. The smallest absolute Gasteiger partial charge is 0.170 e. The fraction of sp³-hybridized carbons (Fsp3) is 0.208. The van der Waals surface area contributed by atoms with E-state index in [1.54, 1.807) is 0 Å². The molecule has 3 nitrogen and oxygen atoms in total. The predicted molar refractivity (Wildman–Crippen MR) is 131 cm³/mol. The lowest BCUT2D eigenvalue weighted by molar-refractivity contribution is 0.827. The molecule has 29 heavy (non-hydrogen) atoms. The molecule has 0 spiro atoms. The summed E-state index contributed by atoms with van der Waals surface area (Å²) in [5, 5.41) is 7.18. The van der Waals surface area contributed by atoms with E-state index in [9.17, 15) is 0 Å². The van der Waals surface area contributed by atoms with Crippen LogP contribution >= 0.6 is 24.0 Å². The van der Waals surface area contributed by atoms with Crippen molar-refractivity contribution in [1.82, 2.24) is 5.32 Å². The first-order valence-electron chi connectivity index (χ1n) is 9.69. The Hall–Kier alpha value is -2.50. The average molecular weight is 422 g/mol. The van der Waals surface area contributed by atoms with Crippen molar-refractivity contribution in [2.24, 2.45) is 0 Å². The Bertz CT molecular complexity index is 894. The van der Waals surface area contributed by atoms with Crippen LogP contribution in [0.25, 0.3) is 0 Å². The predicted octanol–water partition coefficient (Wildman–Crippen LogP) is 5.71. The molecule has 0 aliphatic rings. The largest absolute Gasteiger partial charge is 0.373 e. The number of anilines is 2. The van der Waals surface area contributed by atoms with E-state index in [4.69, 9.17) is 12.2 Å². The van der Waals surface area contributed by atoms with Gasteiger partial charge in [-0.2, -0.15) is 0 Å². The molecule has 3 aromatic rings. The standard InChI is InChI=1S/C24H27N3S2/c1-19-8-14-22(15-9-19)27(2)17-16-25-24(28)26-21-12-10-20(11-13-21)18-29-23-6-4-3-5-7-23/h3-15H,16-18H2,1-2H3,(H2,25,26,28). The van der Waals surface area contributed by atoms with Crippen LogP contribution in [0.2, 0.25) is 0 Å². The lowest BCUT2D eigenvalue weighted by atomic mass is 10.2. The first-order chi connectivity index (χ1) is 14.1. The van der Waals surface area contributed by atoms with Gasteiger partial charge in [0.15, 0.2) is 5.11 Å². The molecule has 0 amide bonds. The Balaban J connectivity index is 1.39. The Morgan fingerprint density at radius 3 is 2.31 bits per heavy atom. The van der Waals surface area contributed by atoms with Crippen molar-refractivity contribution in [3.05, 3.63) is 90.0 Å². The van der Waals surface area contributed by atoms with E-state index in [1.165, 1.54) is 21.7 Å². The highest BCUT2D eigenvalue weighted by Gasteiger charge is 2.02. The summed E-state index contributed by atoms with van der Waals surface area (Å²) in [6.45, 7) is 3.76. The molecule has 0 heterocycles. The van der Waals surface area contributed by atoms with Gasteiger partial charge in [-0.15, -0.1) is 11.8 Å². The second-order valence-corrected chi connectivity index (χ2v) is 8.39. The zero-order valence-electron chi connectivity index (χ0n) is 16.9. The van der Waals surface area contributed by atoms with E-state index in [0.29, 0.717) is 5.11 Å². The summed E-state index contributed by atoms with van der Waals surface area (Å²) in [6, 6.07) is 27.5. The van der Waals surface area contributed by atoms with E-state index in [0.717, 1.165) is 24.5 Å². The maximum Gasteiger partial charge on any atom is 0.170 e. The van der Waals surface area contributed by atoms with Gasteiger partial charge in [-0.1, -0.05) is 48.0 Å². The fourth-order valence-electron chi connectivity index (χ4n) is 2.81. The minimum Gasteiger partial charge on any atom is -0.373 e. The number of hydrogen-bond donors (Lipinski definition) is 2. The number of nitrogens with zero attached hydrogens (tertiary/aromatic N) is 1. The lowest BCUT2D eigenvalue weighted by Crippen LogP contribution is -2.35. The molecule has 0 unspecified atom stereocenters. The van der Waals surface area contributed by atoms with Gasteiger partial charge < -0.3 is 15.5 Å². The molecule has 0 saturated heterocycles. The molecule has 0 saturated carbocycles. The van der Waals surface area contributed by atoms with E-state index in [1.807, 2.05) is 17.8 Å². The van der Waals surface area contributed by atoms with Crippen molar-refractivity contribution < 1.29 is 0 Å². The fourth-order valence-corrected chi connectivity index (χ4v) is 3.90. The van der Waals surface area contributed by atoms with Crippen molar-refractivity contribution in [2.75, 3.05) is 30.4 Å². The maximum atomic E-state index is 5.42. The molecule has 150 valence electrons. The highest BCUT2D eigenvalue weighted by molar-refractivity contribution is 7.98. The Kier molecular flexibility index (Phi) is 7.96. The number of thioether (sulfide) groups is 1. The van der Waals surface area contributed by atoms with Gasteiger partial charge in [0.1, 0.15) is 0 Å². The summed E-state index contributed by atoms with van der Waals surface area (Å²) in [5.74, 6) is 0.957. The quantitative estimate of drug-likeness (QED) is 0.359.